The molecule has 0 aliphatic heterocycles. The van der Waals surface area contributed by atoms with Gasteiger partial charge < -0.3 is 4.74 Å². The molecular weight excluding hydrogens is 305 g/mol. The van der Waals surface area contributed by atoms with Gasteiger partial charge in [0.1, 0.15) is 11.6 Å². The molecular formula is C16H18FNO3S. The van der Waals surface area contributed by atoms with Gasteiger partial charge in [-0.2, -0.15) is 0 Å². The molecule has 0 bridgehead atoms. The van der Waals surface area contributed by atoms with Crippen LogP contribution in [0.1, 0.15) is 6.92 Å². The molecule has 118 valence electrons. The number of ether oxygens (including phenoxy) is 1. The highest BCUT2D eigenvalue weighted by Gasteiger charge is 2.17. The zero-order chi connectivity index (χ0) is 16.3. The normalized spacial score (nSPS) is 11.3. The van der Waals surface area contributed by atoms with Crippen molar-refractivity contribution < 1.29 is 17.5 Å². The van der Waals surface area contributed by atoms with Crippen molar-refractivity contribution in [3.05, 3.63) is 48.3 Å². The fraction of sp³-hybridized carbons (Fsp3) is 0.250. The summed E-state index contributed by atoms with van der Waals surface area (Å²) in [4.78, 5) is 0. The quantitative estimate of drug-likeness (QED) is 0.848. The molecule has 22 heavy (non-hydrogen) atoms. The van der Waals surface area contributed by atoms with E-state index in [1.165, 1.54) is 23.5 Å². The number of rotatable bonds is 5. The first-order valence-corrected chi connectivity index (χ1v) is 8.64. The maximum atomic E-state index is 13.0. The van der Waals surface area contributed by atoms with Crippen molar-refractivity contribution in [1.82, 2.24) is 0 Å². The monoisotopic (exact) mass is 323 g/mol. The predicted molar refractivity (Wildman–Crippen MR) is 86.3 cm³/mol. The predicted octanol–water partition coefficient (Wildman–Crippen LogP) is 3.29. The summed E-state index contributed by atoms with van der Waals surface area (Å²) in [6, 6.07) is 11.3. The second-order valence-electron chi connectivity index (χ2n) is 4.85. The molecule has 0 fully saturated rings. The first-order valence-electron chi connectivity index (χ1n) is 6.79. The van der Waals surface area contributed by atoms with Crippen LogP contribution < -0.4 is 9.04 Å². The molecule has 0 N–H and O–H groups in total. The Morgan fingerprint density at radius 2 is 1.68 bits per heavy atom. The zero-order valence-corrected chi connectivity index (χ0v) is 13.5. The van der Waals surface area contributed by atoms with Gasteiger partial charge in [-0.15, -0.1) is 0 Å². The van der Waals surface area contributed by atoms with E-state index in [4.69, 9.17) is 4.74 Å². The van der Waals surface area contributed by atoms with E-state index in [-0.39, 0.29) is 5.82 Å². The van der Waals surface area contributed by atoms with Crippen molar-refractivity contribution in [2.75, 3.05) is 24.2 Å². The smallest absolute Gasteiger partial charge is 0.232 e. The van der Waals surface area contributed by atoms with Crippen molar-refractivity contribution in [2.24, 2.45) is 0 Å². The largest absolute Gasteiger partial charge is 0.492 e. The van der Waals surface area contributed by atoms with Gasteiger partial charge in [0.05, 0.1) is 18.6 Å². The Labute approximate surface area is 130 Å². The van der Waals surface area contributed by atoms with E-state index in [0.717, 1.165) is 17.4 Å². The molecule has 0 saturated heterocycles. The molecule has 0 atom stereocenters. The minimum absolute atomic E-state index is 0.317. The van der Waals surface area contributed by atoms with Crippen LogP contribution in [0.3, 0.4) is 0 Å². The maximum Gasteiger partial charge on any atom is 0.232 e. The van der Waals surface area contributed by atoms with Crippen LogP contribution in [-0.2, 0) is 10.0 Å². The first kappa shape index (κ1) is 16.3. The van der Waals surface area contributed by atoms with Crippen molar-refractivity contribution in [2.45, 2.75) is 6.92 Å². The van der Waals surface area contributed by atoms with Crippen LogP contribution in [0.4, 0.5) is 10.1 Å². The third-order valence-corrected chi connectivity index (χ3v) is 4.46. The van der Waals surface area contributed by atoms with Crippen LogP contribution in [0.2, 0.25) is 0 Å². The van der Waals surface area contributed by atoms with Crippen molar-refractivity contribution in [3.8, 4) is 16.9 Å². The summed E-state index contributed by atoms with van der Waals surface area (Å²) < 4.78 is 43.3. The second-order valence-corrected chi connectivity index (χ2v) is 6.87. The number of sulfonamides is 1. The zero-order valence-electron chi connectivity index (χ0n) is 12.7. The molecule has 6 heteroatoms. The van der Waals surface area contributed by atoms with Gasteiger partial charge in [0, 0.05) is 7.05 Å². The van der Waals surface area contributed by atoms with Crippen molar-refractivity contribution >= 4 is 15.7 Å². The number of hydrogen-bond acceptors (Lipinski definition) is 3. The van der Waals surface area contributed by atoms with Gasteiger partial charge in [-0.25, -0.2) is 12.8 Å². The number of hydrogen-bond donors (Lipinski definition) is 0. The second kappa shape index (κ2) is 6.36. The van der Waals surface area contributed by atoms with Crippen molar-refractivity contribution in [3.63, 3.8) is 0 Å². The average molecular weight is 323 g/mol. The van der Waals surface area contributed by atoms with E-state index < -0.39 is 10.0 Å². The van der Waals surface area contributed by atoms with Gasteiger partial charge in [0.25, 0.3) is 0 Å². The van der Waals surface area contributed by atoms with E-state index >= 15 is 0 Å². The fourth-order valence-corrected chi connectivity index (χ4v) is 2.54. The highest BCUT2D eigenvalue weighted by molar-refractivity contribution is 7.92. The topological polar surface area (TPSA) is 46.6 Å². The molecule has 0 radical (unpaired) electrons. The third kappa shape index (κ3) is 3.57. The lowest BCUT2D eigenvalue weighted by atomic mass is 10.0. The van der Waals surface area contributed by atoms with Gasteiger partial charge in [-0.05, 0) is 42.3 Å². The number of halogens is 1. The molecule has 0 aromatic heterocycles. The lowest BCUT2D eigenvalue weighted by Crippen LogP contribution is -2.25. The van der Waals surface area contributed by atoms with Crippen LogP contribution in [0.25, 0.3) is 11.1 Å². The number of benzene rings is 2. The minimum Gasteiger partial charge on any atom is -0.492 e. The molecule has 0 aliphatic carbocycles. The summed E-state index contributed by atoms with van der Waals surface area (Å²) in [7, 11) is -1.94. The Hall–Kier alpha value is -2.08. The summed E-state index contributed by atoms with van der Waals surface area (Å²) in [5.74, 6) is 0.171. The van der Waals surface area contributed by atoms with E-state index in [0.29, 0.717) is 18.0 Å². The fourth-order valence-electron chi connectivity index (χ4n) is 2.04. The highest BCUT2D eigenvalue weighted by Crippen LogP contribution is 2.34. The van der Waals surface area contributed by atoms with E-state index in [2.05, 4.69) is 0 Å². The Bertz CT molecular complexity index is 757. The van der Waals surface area contributed by atoms with E-state index in [9.17, 15) is 12.8 Å². The molecule has 0 unspecified atom stereocenters. The van der Waals surface area contributed by atoms with Gasteiger partial charge in [-0.3, -0.25) is 4.31 Å². The van der Waals surface area contributed by atoms with Crippen molar-refractivity contribution in [1.29, 1.82) is 0 Å². The van der Waals surface area contributed by atoms with Crippen LogP contribution >= 0.6 is 0 Å². The lowest BCUT2D eigenvalue weighted by Gasteiger charge is -2.21. The van der Waals surface area contributed by atoms with Crippen LogP contribution in [-0.4, -0.2) is 28.3 Å². The Kier molecular flexibility index (Phi) is 4.71. The molecule has 0 aliphatic rings. The van der Waals surface area contributed by atoms with Gasteiger partial charge in [0.2, 0.25) is 10.0 Å². The standard InChI is InChI=1S/C16H18FNO3S/c1-4-21-16-10-7-13(12-5-8-14(17)9-6-12)11-15(16)18(2)22(3,19)20/h5-11H,4H2,1-3H3. The van der Waals surface area contributed by atoms with Crippen LogP contribution in [0.15, 0.2) is 42.5 Å². The Morgan fingerprint density at radius 1 is 1.09 bits per heavy atom. The Balaban J connectivity index is 2.53. The molecule has 0 saturated carbocycles. The summed E-state index contributed by atoms with van der Waals surface area (Å²) in [6.07, 6.45) is 1.13. The van der Waals surface area contributed by atoms with Crippen LogP contribution in [0, 0.1) is 5.82 Å². The van der Waals surface area contributed by atoms with Gasteiger partial charge in [-0.1, -0.05) is 18.2 Å². The van der Waals surface area contributed by atoms with Crippen LogP contribution in [0.5, 0.6) is 5.75 Å². The number of anilines is 1. The summed E-state index contributed by atoms with van der Waals surface area (Å²) in [6.45, 7) is 2.26. The lowest BCUT2D eigenvalue weighted by molar-refractivity contribution is 0.341. The number of nitrogens with zero attached hydrogens (tertiary/aromatic N) is 1. The summed E-state index contributed by atoms with van der Waals surface area (Å²) >= 11 is 0. The Morgan fingerprint density at radius 3 is 2.23 bits per heavy atom. The molecule has 2 aromatic carbocycles. The van der Waals surface area contributed by atoms with E-state index in [1.807, 2.05) is 13.0 Å². The van der Waals surface area contributed by atoms with Gasteiger partial charge >= 0.3 is 0 Å². The molecule has 0 amide bonds. The molecule has 2 rings (SSSR count). The molecule has 4 nitrogen and oxygen atoms in total. The minimum atomic E-state index is -3.41. The molecule has 0 spiro atoms. The van der Waals surface area contributed by atoms with Gasteiger partial charge in [0.15, 0.2) is 0 Å². The highest BCUT2D eigenvalue weighted by atomic mass is 32.2. The van der Waals surface area contributed by atoms with E-state index in [1.54, 1.807) is 24.3 Å². The maximum absolute atomic E-state index is 13.0. The first-order chi connectivity index (χ1) is 10.3. The summed E-state index contributed by atoms with van der Waals surface area (Å²) in [5.41, 5.74) is 2.03. The SMILES string of the molecule is CCOc1ccc(-c2ccc(F)cc2)cc1N(C)S(C)(=O)=O. The average Bonchev–Trinajstić information content (AvgIpc) is 2.47. The summed E-state index contributed by atoms with van der Waals surface area (Å²) in [5, 5.41) is 0. The molecule has 0 heterocycles. The third-order valence-electron chi connectivity index (χ3n) is 3.27. The molecule has 2 aromatic rings.